The number of para-hydroxylation sites is 1. The molecule has 0 heterocycles. The number of nitrogen functional groups attached to an aromatic ring is 1. The SMILES string of the molecule is COc1ccccc1SCc1ccc(Br)c(N)c1. The van der Waals surface area contributed by atoms with Gasteiger partial charge in [-0.25, -0.2) is 0 Å². The maximum Gasteiger partial charge on any atom is 0.132 e. The van der Waals surface area contributed by atoms with E-state index in [0.29, 0.717) is 0 Å². The van der Waals surface area contributed by atoms with E-state index in [1.165, 1.54) is 5.56 Å². The standard InChI is InChI=1S/C14H14BrNOS/c1-17-13-4-2-3-5-14(13)18-9-10-6-7-11(15)12(16)8-10/h2-8H,9,16H2,1H3. The van der Waals surface area contributed by atoms with Gasteiger partial charge in [0, 0.05) is 20.8 Å². The van der Waals surface area contributed by atoms with Crippen molar-refractivity contribution < 1.29 is 4.74 Å². The van der Waals surface area contributed by atoms with Crippen LogP contribution in [0.3, 0.4) is 0 Å². The van der Waals surface area contributed by atoms with Gasteiger partial charge in [-0.2, -0.15) is 0 Å². The highest BCUT2D eigenvalue weighted by Gasteiger charge is 2.04. The molecule has 0 fully saturated rings. The van der Waals surface area contributed by atoms with E-state index in [1.807, 2.05) is 30.3 Å². The number of thioether (sulfide) groups is 1. The van der Waals surface area contributed by atoms with Crippen LogP contribution in [0, 0.1) is 0 Å². The van der Waals surface area contributed by atoms with Crippen LogP contribution in [-0.2, 0) is 5.75 Å². The average molecular weight is 324 g/mol. The fourth-order valence-electron chi connectivity index (χ4n) is 1.58. The molecule has 4 heteroatoms. The van der Waals surface area contributed by atoms with Crippen LogP contribution in [0.4, 0.5) is 5.69 Å². The predicted molar refractivity (Wildman–Crippen MR) is 81.1 cm³/mol. The van der Waals surface area contributed by atoms with Crippen LogP contribution in [-0.4, -0.2) is 7.11 Å². The van der Waals surface area contributed by atoms with Crippen molar-refractivity contribution in [2.24, 2.45) is 0 Å². The van der Waals surface area contributed by atoms with Gasteiger partial charge < -0.3 is 10.5 Å². The molecule has 2 rings (SSSR count). The highest BCUT2D eigenvalue weighted by molar-refractivity contribution is 9.10. The highest BCUT2D eigenvalue weighted by Crippen LogP contribution is 2.32. The zero-order valence-electron chi connectivity index (χ0n) is 10.0. The summed E-state index contributed by atoms with van der Waals surface area (Å²) in [4.78, 5) is 1.14. The molecule has 2 aromatic rings. The third-order valence-electron chi connectivity index (χ3n) is 2.52. The number of ether oxygens (including phenoxy) is 1. The molecular formula is C14H14BrNOS. The van der Waals surface area contributed by atoms with Crippen LogP contribution >= 0.6 is 27.7 Å². The van der Waals surface area contributed by atoms with Gasteiger partial charge in [0.05, 0.1) is 7.11 Å². The molecule has 0 atom stereocenters. The number of rotatable bonds is 4. The van der Waals surface area contributed by atoms with Crippen molar-refractivity contribution in [1.82, 2.24) is 0 Å². The molecule has 0 aliphatic rings. The average Bonchev–Trinajstić information content (AvgIpc) is 2.40. The Bertz CT molecular complexity index is 545. The summed E-state index contributed by atoms with van der Waals surface area (Å²) >= 11 is 5.14. The lowest BCUT2D eigenvalue weighted by Gasteiger charge is -2.08. The Labute approximate surface area is 120 Å². The molecule has 0 aliphatic heterocycles. The van der Waals surface area contributed by atoms with E-state index in [-0.39, 0.29) is 0 Å². The molecule has 0 radical (unpaired) electrons. The molecule has 0 aromatic heterocycles. The fraction of sp³-hybridized carbons (Fsp3) is 0.143. The Balaban J connectivity index is 2.09. The fourth-order valence-corrected chi connectivity index (χ4v) is 2.80. The molecule has 94 valence electrons. The first-order chi connectivity index (χ1) is 8.70. The summed E-state index contributed by atoms with van der Waals surface area (Å²) in [5.41, 5.74) is 7.84. The smallest absolute Gasteiger partial charge is 0.132 e. The zero-order valence-corrected chi connectivity index (χ0v) is 12.4. The van der Waals surface area contributed by atoms with Gasteiger partial charge in [-0.1, -0.05) is 18.2 Å². The van der Waals surface area contributed by atoms with Crippen LogP contribution < -0.4 is 10.5 Å². The molecule has 0 aliphatic carbocycles. The predicted octanol–water partition coefficient (Wildman–Crippen LogP) is 4.33. The van der Waals surface area contributed by atoms with E-state index < -0.39 is 0 Å². The molecule has 0 amide bonds. The molecule has 18 heavy (non-hydrogen) atoms. The molecule has 0 unspecified atom stereocenters. The lowest BCUT2D eigenvalue weighted by atomic mass is 10.2. The van der Waals surface area contributed by atoms with Crippen molar-refractivity contribution in [1.29, 1.82) is 0 Å². The van der Waals surface area contributed by atoms with Gasteiger partial charge in [-0.05, 0) is 45.8 Å². The zero-order chi connectivity index (χ0) is 13.0. The Morgan fingerprint density at radius 3 is 2.72 bits per heavy atom. The van der Waals surface area contributed by atoms with Crippen LogP contribution in [0.25, 0.3) is 0 Å². The second kappa shape index (κ2) is 6.16. The largest absolute Gasteiger partial charge is 0.496 e. The number of methoxy groups -OCH3 is 1. The minimum Gasteiger partial charge on any atom is -0.496 e. The number of hydrogen-bond donors (Lipinski definition) is 1. The Morgan fingerprint density at radius 2 is 2.00 bits per heavy atom. The minimum absolute atomic E-state index is 0.771. The lowest BCUT2D eigenvalue weighted by molar-refractivity contribution is 0.405. The minimum atomic E-state index is 0.771. The maximum atomic E-state index is 5.86. The van der Waals surface area contributed by atoms with Crippen molar-refractivity contribution >= 4 is 33.4 Å². The van der Waals surface area contributed by atoms with E-state index in [1.54, 1.807) is 18.9 Å². The molecular weight excluding hydrogens is 310 g/mol. The molecule has 0 spiro atoms. The number of anilines is 1. The first-order valence-electron chi connectivity index (χ1n) is 5.50. The van der Waals surface area contributed by atoms with Crippen molar-refractivity contribution in [3.05, 3.63) is 52.5 Å². The summed E-state index contributed by atoms with van der Waals surface area (Å²) in [6, 6.07) is 14.1. The summed E-state index contributed by atoms with van der Waals surface area (Å²) in [6.45, 7) is 0. The van der Waals surface area contributed by atoms with Gasteiger partial charge >= 0.3 is 0 Å². The van der Waals surface area contributed by atoms with Gasteiger partial charge in [-0.3, -0.25) is 0 Å². The molecule has 0 saturated heterocycles. The number of hydrogen-bond acceptors (Lipinski definition) is 3. The van der Waals surface area contributed by atoms with Crippen LogP contribution in [0.15, 0.2) is 51.8 Å². The second-order valence-electron chi connectivity index (χ2n) is 3.80. The van der Waals surface area contributed by atoms with Gasteiger partial charge in [0.15, 0.2) is 0 Å². The van der Waals surface area contributed by atoms with Gasteiger partial charge in [0.25, 0.3) is 0 Å². The summed E-state index contributed by atoms with van der Waals surface area (Å²) in [7, 11) is 1.69. The quantitative estimate of drug-likeness (QED) is 0.671. The molecule has 2 aromatic carbocycles. The van der Waals surface area contributed by atoms with Gasteiger partial charge in [0.2, 0.25) is 0 Å². The Hall–Kier alpha value is -1.13. The van der Waals surface area contributed by atoms with E-state index in [9.17, 15) is 0 Å². The van der Waals surface area contributed by atoms with Crippen LogP contribution in [0.1, 0.15) is 5.56 Å². The van der Waals surface area contributed by atoms with Crippen LogP contribution in [0.5, 0.6) is 5.75 Å². The molecule has 0 saturated carbocycles. The Kier molecular flexibility index (Phi) is 4.55. The van der Waals surface area contributed by atoms with Crippen molar-refractivity contribution in [3.63, 3.8) is 0 Å². The van der Waals surface area contributed by atoms with E-state index in [0.717, 1.165) is 26.6 Å². The third-order valence-corrected chi connectivity index (χ3v) is 4.37. The third kappa shape index (κ3) is 3.21. The molecule has 2 N–H and O–H groups in total. The van der Waals surface area contributed by atoms with Gasteiger partial charge in [-0.15, -0.1) is 11.8 Å². The first-order valence-corrected chi connectivity index (χ1v) is 7.28. The number of benzene rings is 2. The second-order valence-corrected chi connectivity index (χ2v) is 5.67. The molecule has 0 bridgehead atoms. The van der Waals surface area contributed by atoms with Crippen molar-refractivity contribution in [2.45, 2.75) is 10.6 Å². The summed E-state index contributed by atoms with van der Waals surface area (Å²) < 4.78 is 6.26. The van der Waals surface area contributed by atoms with Crippen molar-refractivity contribution in [2.75, 3.05) is 12.8 Å². The van der Waals surface area contributed by atoms with Gasteiger partial charge in [0.1, 0.15) is 5.75 Å². The van der Waals surface area contributed by atoms with Crippen LogP contribution in [0.2, 0.25) is 0 Å². The summed E-state index contributed by atoms with van der Waals surface area (Å²) in [5, 5.41) is 0. The topological polar surface area (TPSA) is 35.2 Å². The lowest BCUT2D eigenvalue weighted by Crippen LogP contribution is -1.90. The maximum absolute atomic E-state index is 5.86. The number of halogens is 1. The van der Waals surface area contributed by atoms with E-state index >= 15 is 0 Å². The Morgan fingerprint density at radius 1 is 1.22 bits per heavy atom. The van der Waals surface area contributed by atoms with E-state index in [2.05, 4.69) is 28.1 Å². The highest BCUT2D eigenvalue weighted by atomic mass is 79.9. The number of nitrogens with two attached hydrogens (primary N) is 1. The normalized spacial score (nSPS) is 10.3. The first kappa shape index (κ1) is 13.3. The molecule has 2 nitrogen and oxygen atoms in total. The van der Waals surface area contributed by atoms with Crippen molar-refractivity contribution in [3.8, 4) is 5.75 Å². The van der Waals surface area contributed by atoms with E-state index in [4.69, 9.17) is 10.5 Å². The summed E-state index contributed by atoms with van der Waals surface area (Å²) in [6.07, 6.45) is 0. The monoisotopic (exact) mass is 323 g/mol. The summed E-state index contributed by atoms with van der Waals surface area (Å²) in [5.74, 6) is 1.78.